The molecule has 0 aromatic carbocycles. The van der Waals surface area contributed by atoms with Crippen LogP contribution in [0.4, 0.5) is 0 Å². The maximum atomic E-state index is 10.7. The summed E-state index contributed by atoms with van der Waals surface area (Å²) in [7, 11) is 0. The lowest BCUT2D eigenvalue weighted by atomic mass is 10.3. The van der Waals surface area contributed by atoms with E-state index in [0.29, 0.717) is 13.1 Å². The Bertz CT molecular complexity index is 143. The Hall–Kier alpha value is -1.03. The lowest BCUT2D eigenvalue weighted by Crippen LogP contribution is -2.29. The molecule has 0 unspecified atom stereocenters. The highest BCUT2D eigenvalue weighted by Gasteiger charge is 2.00. The Morgan fingerprint density at radius 3 is 2.80 bits per heavy atom. The van der Waals surface area contributed by atoms with Crippen molar-refractivity contribution in [3.05, 3.63) is 11.8 Å². The van der Waals surface area contributed by atoms with E-state index in [4.69, 9.17) is 10.8 Å². The third kappa shape index (κ3) is 3.09. The van der Waals surface area contributed by atoms with Gasteiger partial charge in [-0.05, 0) is 6.92 Å². The van der Waals surface area contributed by atoms with E-state index < -0.39 is 0 Å². The first-order valence-corrected chi connectivity index (χ1v) is 3.01. The van der Waals surface area contributed by atoms with Crippen LogP contribution in [0.2, 0.25) is 0 Å². The molecule has 1 amide bonds. The molecule has 4 N–H and O–H groups in total. The normalized spacial score (nSPS) is 11.2. The summed E-state index contributed by atoms with van der Waals surface area (Å²) in [6.45, 7) is 2.36. The van der Waals surface area contributed by atoms with Gasteiger partial charge in [-0.1, -0.05) is 0 Å². The zero-order valence-electron chi connectivity index (χ0n) is 5.92. The molecule has 0 aromatic heterocycles. The van der Waals surface area contributed by atoms with Crippen LogP contribution in [0.5, 0.6) is 0 Å². The van der Waals surface area contributed by atoms with Gasteiger partial charge in [0.2, 0.25) is 5.91 Å². The number of nitrogens with one attached hydrogen (secondary N) is 1. The van der Waals surface area contributed by atoms with Gasteiger partial charge < -0.3 is 16.2 Å². The molecule has 0 aliphatic heterocycles. The molecule has 0 aliphatic carbocycles. The molecule has 0 aliphatic rings. The lowest BCUT2D eigenvalue weighted by Gasteiger charge is -2.00. The van der Waals surface area contributed by atoms with Gasteiger partial charge in [-0.25, -0.2) is 0 Å². The number of aliphatic hydroxyl groups excluding tert-OH is 1. The highest BCUT2D eigenvalue weighted by Crippen LogP contribution is 1.87. The van der Waals surface area contributed by atoms with Crippen LogP contribution in [0.25, 0.3) is 0 Å². The molecule has 0 saturated heterocycles. The Kier molecular flexibility index (Phi) is 4.32. The van der Waals surface area contributed by atoms with Gasteiger partial charge in [-0.2, -0.15) is 0 Å². The summed E-state index contributed by atoms with van der Waals surface area (Å²) >= 11 is 0. The van der Waals surface area contributed by atoms with Crippen LogP contribution >= 0.6 is 0 Å². The highest BCUT2D eigenvalue weighted by atomic mass is 16.2. The molecule has 0 spiro atoms. The fourth-order valence-corrected chi connectivity index (χ4v) is 0.384. The average Bonchev–Trinajstić information content (AvgIpc) is 1.98. The van der Waals surface area contributed by atoms with Crippen LogP contribution in [0.3, 0.4) is 0 Å². The standard InChI is InChI=1S/C6H12N2O2/c1-5(4-9)6(10)8-3-2-7/h4,9H,2-3,7H2,1H3,(H,8,10)/b5-4-. The third-order valence-corrected chi connectivity index (χ3v) is 0.982. The van der Waals surface area contributed by atoms with Crippen molar-refractivity contribution >= 4 is 5.91 Å². The first-order chi connectivity index (χ1) is 4.72. The molecule has 0 rings (SSSR count). The first-order valence-electron chi connectivity index (χ1n) is 3.01. The molecule has 58 valence electrons. The van der Waals surface area contributed by atoms with Crippen molar-refractivity contribution < 1.29 is 9.90 Å². The SMILES string of the molecule is C/C(=C/O)C(=O)NCCN. The van der Waals surface area contributed by atoms with E-state index >= 15 is 0 Å². The Morgan fingerprint density at radius 1 is 1.80 bits per heavy atom. The van der Waals surface area contributed by atoms with Crippen molar-refractivity contribution in [2.75, 3.05) is 13.1 Å². The lowest BCUT2D eigenvalue weighted by molar-refractivity contribution is -0.117. The minimum Gasteiger partial charge on any atom is -0.515 e. The number of carbonyl (C=O) groups is 1. The van der Waals surface area contributed by atoms with Gasteiger partial charge in [0, 0.05) is 18.7 Å². The molecule has 0 atom stereocenters. The van der Waals surface area contributed by atoms with Crippen LogP contribution in [-0.4, -0.2) is 24.1 Å². The second-order valence-electron chi connectivity index (χ2n) is 1.86. The maximum absolute atomic E-state index is 10.7. The first kappa shape index (κ1) is 8.97. The maximum Gasteiger partial charge on any atom is 0.250 e. The average molecular weight is 144 g/mol. The van der Waals surface area contributed by atoms with Crippen LogP contribution in [-0.2, 0) is 4.79 Å². The molecule has 0 bridgehead atoms. The number of aliphatic hydroxyl groups is 1. The van der Waals surface area contributed by atoms with E-state index in [-0.39, 0.29) is 11.5 Å². The summed E-state index contributed by atoms with van der Waals surface area (Å²) in [5, 5.41) is 10.8. The summed E-state index contributed by atoms with van der Waals surface area (Å²) in [6, 6.07) is 0. The summed E-state index contributed by atoms with van der Waals surface area (Å²) in [6.07, 6.45) is 0.770. The van der Waals surface area contributed by atoms with E-state index in [9.17, 15) is 4.79 Å². The largest absolute Gasteiger partial charge is 0.515 e. The van der Waals surface area contributed by atoms with Gasteiger partial charge in [0.1, 0.15) is 0 Å². The fraction of sp³-hybridized carbons (Fsp3) is 0.500. The number of amides is 1. The number of carbonyl (C=O) groups excluding carboxylic acids is 1. The third-order valence-electron chi connectivity index (χ3n) is 0.982. The van der Waals surface area contributed by atoms with Crippen molar-refractivity contribution in [3.8, 4) is 0 Å². The van der Waals surface area contributed by atoms with E-state index in [2.05, 4.69) is 5.32 Å². The predicted octanol–water partition coefficient (Wildman–Crippen LogP) is -0.477. The number of nitrogens with two attached hydrogens (primary N) is 1. The van der Waals surface area contributed by atoms with Gasteiger partial charge in [-0.15, -0.1) is 0 Å². The minimum absolute atomic E-state index is 0.284. The predicted molar refractivity (Wildman–Crippen MR) is 38.4 cm³/mol. The van der Waals surface area contributed by atoms with Gasteiger partial charge >= 0.3 is 0 Å². The molecule has 4 nitrogen and oxygen atoms in total. The highest BCUT2D eigenvalue weighted by molar-refractivity contribution is 5.92. The van der Waals surface area contributed by atoms with Crippen LogP contribution < -0.4 is 11.1 Å². The fourth-order valence-electron chi connectivity index (χ4n) is 0.384. The zero-order chi connectivity index (χ0) is 7.98. The van der Waals surface area contributed by atoms with E-state index in [1.165, 1.54) is 6.92 Å². The zero-order valence-corrected chi connectivity index (χ0v) is 5.92. The number of rotatable bonds is 3. The van der Waals surface area contributed by atoms with Gasteiger partial charge in [0.25, 0.3) is 0 Å². The Balaban J connectivity index is 3.63. The van der Waals surface area contributed by atoms with Crippen LogP contribution in [0.1, 0.15) is 6.92 Å². The van der Waals surface area contributed by atoms with Crippen molar-refractivity contribution in [3.63, 3.8) is 0 Å². The van der Waals surface area contributed by atoms with Crippen LogP contribution in [0.15, 0.2) is 11.8 Å². The second-order valence-corrected chi connectivity index (χ2v) is 1.86. The molecule has 0 fully saturated rings. The quantitative estimate of drug-likeness (QED) is 0.370. The van der Waals surface area contributed by atoms with Crippen LogP contribution in [0, 0.1) is 0 Å². The molecule has 10 heavy (non-hydrogen) atoms. The molecular weight excluding hydrogens is 132 g/mol. The van der Waals surface area contributed by atoms with Crippen molar-refractivity contribution in [1.29, 1.82) is 0 Å². The number of hydrogen-bond acceptors (Lipinski definition) is 3. The van der Waals surface area contributed by atoms with Gasteiger partial charge in [-0.3, -0.25) is 4.79 Å². The topological polar surface area (TPSA) is 75.3 Å². The molecular formula is C6H12N2O2. The van der Waals surface area contributed by atoms with Gasteiger partial charge in [0.15, 0.2) is 0 Å². The minimum atomic E-state index is -0.284. The Labute approximate surface area is 59.7 Å². The monoisotopic (exact) mass is 144 g/mol. The van der Waals surface area contributed by atoms with E-state index in [0.717, 1.165) is 6.26 Å². The van der Waals surface area contributed by atoms with Crippen molar-refractivity contribution in [2.45, 2.75) is 6.92 Å². The second kappa shape index (κ2) is 4.81. The summed E-state index contributed by atoms with van der Waals surface area (Å²) < 4.78 is 0. The Morgan fingerprint density at radius 2 is 2.40 bits per heavy atom. The van der Waals surface area contributed by atoms with E-state index in [1.54, 1.807) is 0 Å². The molecule has 0 heterocycles. The van der Waals surface area contributed by atoms with Crippen molar-refractivity contribution in [1.82, 2.24) is 5.32 Å². The van der Waals surface area contributed by atoms with Gasteiger partial charge in [0.05, 0.1) is 6.26 Å². The summed E-state index contributed by atoms with van der Waals surface area (Å²) in [5.74, 6) is -0.284. The molecule has 0 saturated carbocycles. The molecule has 0 aromatic rings. The smallest absolute Gasteiger partial charge is 0.250 e. The van der Waals surface area contributed by atoms with Crippen molar-refractivity contribution in [2.24, 2.45) is 5.73 Å². The molecule has 0 radical (unpaired) electrons. The van der Waals surface area contributed by atoms with E-state index in [1.807, 2.05) is 0 Å². The number of hydrogen-bond donors (Lipinski definition) is 3. The molecule has 4 heteroatoms. The summed E-state index contributed by atoms with van der Waals surface area (Å²) in [4.78, 5) is 10.7. The summed E-state index contributed by atoms with van der Waals surface area (Å²) in [5.41, 5.74) is 5.41.